The standard InChI is InChI=1S/C20H36N6O/c1-21-19(22-13-7-11-17-9-3-2-4-10-17)23-14-8-16-26-20(27)25-15-6-5-12-18(25)24-26/h17H,2-16H2,1H3,(H2,21,22,23). The molecule has 0 amide bonds. The number of hydrogen-bond acceptors (Lipinski definition) is 3. The second-order valence-corrected chi connectivity index (χ2v) is 7.96. The molecule has 0 bridgehead atoms. The number of hydrogen-bond donors (Lipinski definition) is 2. The molecule has 1 fully saturated rings. The molecule has 0 saturated heterocycles. The van der Waals surface area contributed by atoms with Gasteiger partial charge in [-0.1, -0.05) is 32.1 Å². The molecule has 1 saturated carbocycles. The van der Waals surface area contributed by atoms with E-state index < -0.39 is 0 Å². The van der Waals surface area contributed by atoms with Gasteiger partial charge in [-0.15, -0.1) is 0 Å². The summed E-state index contributed by atoms with van der Waals surface area (Å²) in [5, 5.41) is 11.2. The predicted molar refractivity (Wildman–Crippen MR) is 109 cm³/mol. The molecule has 3 rings (SSSR count). The molecule has 2 N–H and O–H groups in total. The molecule has 0 atom stereocenters. The molecular formula is C20H36N6O. The third kappa shape index (κ3) is 5.84. The van der Waals surface area contributed by atoms with Gasteiger partial charge in [0.25, 0.3) is 0 Å². The van der Waals surface area contributed by atoms with Crippen molar-refractivity contribution in [3.05, 3.63) is 16.3 Å². The first-order chi connectivity index (χ1) is 13.3. The molecule has 1 aliphatic carbocycles. The molecule has 27 heavy (non-hydrogen) atoms. The Morgan fingerprint density at radius 3 is 2.63 bits per heavy atom. The third-order valence-electron chi connectivity index (χ3n) is 5.90. The molecule has 0 aromatic carbocycles. The van der Waals surface area contributed by atoms with E-state index in [2.05, 4.69) is 20.7 Å². The van der Waals surface area contributed by atoms with Crippen LogP contribution in [0.1, 0.15) is 70.0 Å². The topological polar surface area (TPSA) is 76.2 Å². The van der Waals surface area contributed by atoms with Crippen LogP contribution < -0.4 is 16.3 Å². The summed E-state index contributed by atoms with van der Waals surface area (Å²) in [5.74, 6) is 2.75. The molecule has 7 nitrogen and oxygen atoms in total. The van der Waals surface area contributed by atoms with Gasteiger partial charge in [0.1, 0.15) is 5.82 Å². The van der Waals surface area contributed by atoms with Gasteiger partial charge in [0, 0.05) is 39.6 Å². The Labute approximate surface area is 162 Å². The maximum Gasteiger partial charge on any atom is 0.345 e. The number of fused-ring (bicyclic) bond motifs is 1. The summed E-state index contributed by atoms with van der Waals surface area (Å²) in [6.45, 7) is 3.24. The first-order valence-electron chi connectivity index (χ1n) is 10.9. The molecule has 0 spiro atoms. The molecule has 7 heteroatoms. The number of aromatic nitrogens is 3. The monoisotopic (exact) mass is 376 g/mol. The summed E-state index contributed by atoms with van der Waals surface area (Å²) in [4.78, 5) is 16.6. The van der Waals surface area contributed by atoms with Crippen LogP contribution in [0.25, 0.3) is 0 Å². The fraction of sp³-hybridized carbons (Fsp3) is 0.850. The number of guanidine groups is 1. The Morgan fingerprint density at radius 2 is 1.89 bits per heavy atom. The van der Waals surface area contributed by atoms with Crippen LogP contribution in [-0.2, 0) is 19.5 Å². The van der Waals surface area contributed by atoms with Gasteiger partial charge in [0.2, 0.25) is 0 Å². The first-order valence-corrected chi connectivity index (χ1v) is 10.9. The van der Waals surface area contributed by atoms with E-state index in [0.29, 0.717) is 6.54 Å². The number of aryl methyl sites for hydroxylation is 2. The maximum atomic E-state index is 12.3. The smallest absolute Gasteiger partial charge is 0.345 e. The summed E-state index contributed by atoms with van der Waals surface area (Å²) >= 11 is 0. The summed E-state index contributed by atoms with van der Waals surface area (Å²) in [5.41, 5.74) is 0.0509. The summed E-state index contributed by atoms with van der Waals surface area (Å²) < 4.78 is 3.46. The highest BCUT2D eigenvalue weighted by molar-refractivity contribution is 5.79. The highest BCUT2D eigenvalue weighted by Crippen LogP contribution is 2.26. The summed E-state index contributed by atoms with van der Waals surface area (Å²) in [7, 11) is 1.81. The highest BCUT2D eigenvalue weighted by atomic mass is 16.2. The molecule has 0 radical (unpaired) electrons. The van der Waals surface area contributed by atoms with Crippen molar-refractivity contribution in [2.75, 3.05) is 20.1 Å². The molecule has 1 aliphatic heterocycles. The van der Waals surface area contributed by atoms with Crippen molar-refractivity contribution >= 4 is 5.96 Å². The van der Waals surface area contributed by atoms with Gasteiger partial charge in [-0.25, -0.2) is 9.48 Å². The molecule has 152 valence electrons. The SMILES string of the molecule is CN=C(NCCCC1CCCCC1)NCCCn1nc2n(c1=O)CCCC2. The lowest BCUT2D eigenvalue weighted by atomic mass is 9.86. The number of aliphatic imine (C=N–C) groups is 1. The van der Waals surface area contributed by atoms with Crippen molar-refractivity contribution in [2.45, 2.75) is 83.7 Å². The summed E-state index contributed by atoms with van der Waals surface area (Å²) in [6, 6.07) is 0. The Hall–Kier alpha value is -1.79. The lowest BCUT2D eigenvalue weighted by Gasteiger charge is -2.21. The fourth-order valence-corrected chi connectivity index (χ4v) is 4.32. The van der Waals surface area contributed by atoms with Crippen molar-refractivity contribution in [2.24, 2.45) is 10.9 Å². The average Bonchev–Trinajstić information content (AvgIpc) is 3.03. The zero-order valence-electron chi connectivity index (χ0n) is 16.9. The van der Waals surface area contributed by atoms with E-state index in [0.717, 1.165) is 63.0 Å². The van der Waals surface area contributed by atoms with Gasteiger partial charge in [0.15, 0.2) is 5.96 Å². The number of nitrogens with zero attached hydrogens (tertiary/aromatic N) is 4. The largest absolute Gasteiger partial charge is 0.356 e. The van der Waals surface area contributed by atoms with Crippen molar-refractivity contribution in [3.63, 3.8) is 0 Å². The molecule has 1 aromatic heterocycles. The molecule has 0 unspecified atom stereocenters. The van der Waals surface area contributed by atoms with Crippen LogP contribution in [0.4, 0.5) is 0 Å². The zero-order chi connectivity index (χ0) is 18.9. The van der Waals surface area contributed by atoms with Gasteiger partial charge < -0.3 is 10.6 Å². The highest BCUT2D eigenvalue weighted by Gasteiger charge is 2.16. The van der Waals surface area contributed by atoms with Gasteiger partial charge in [-0.2, -0.15) is 5.10 Å². The lowest BCUT2D eigenvalue weighted by molar-refractivity contribution is 0.332. The van der Waals surface area contributed by atoms with E-state index in [9.17, 15) is 4.79 Å². The molecule has 2 heterocycles. The lowest BCUT2D eigenvalue weighted by Crippen LogP contribution is -2.38. The summed E-state index contributed by atoms with van der Waals surface area (Å²) in [6.07, 6.45) is 13.7. The molecular weight excluding hydrogens is 340 g/mol. The minimum Gasteiger partial charge on any atom is -0.356 e. The van der Waals surface area contributed by atoms with E-state index in [1.807, 2.05) is 11.6 Å². The van der Waals surface area contributed by atoms with Crippen LogP contribution in [0, 0.1) is 5.92 Å². The second-order valence-electron chi connectivity index (χ2n) is 7.96. The van der Waals surface area contributed by atoms with Crippen LogP contribution in [0.5, 0.6) is 0 Å². The minimum absolute atomic E-state index is 0.0509. The van der Waals surface area contributed by atoms with E-state index in [-0.39, 0.29) is 5.69 Å². The van der Waals surface area contributed by atoms with Gasteiger partial charge >= 0.3 is 5.69 Å². The minimum atomic E-state index is 0.0509. The normalized spacial score (nSPS) is 18.3. The zero-order valence-corrected chi connectivity index (χ0v) is 16.9. The van der Waals surface area contributed by atoms with Gasteiger partial charge in [0.05, 0.1) is 0 Å². The average molecular weight is 377 g/mol. The van der Waals surface area contributed by atoms with Crippen LogP contribution in [0.2, 0.25) is 0 Å². The number of rotatable bonds is 8. The number of nitrogens with one attached hydrogen (secondary N) is 2. The van der Waals surface area contributed by atoms with E-state index in [1.165, 1.54) is 44.9 Å². The van der Waals surface area contributed by atoms with Crippen LogP contribution in [0.3, 0.4) is 0 Å². The first kappa shape index (κ1) is 20.0. The Balaban J connectivity index is 1.30. The van der Waals surface area contributed by atoms with E-state index >= 15 is 0 Å². The molecule has 2 aliphatic rings. The van der Waals surface area contributed by atoms with Crippen LogP contribution in [0.15, 0.2) is 9.79 Å². The Morgan fingerprint density at radius 1 is 1.11 bits per heavy atom. The van der Waals surface area contributed by atoms with Crippen LogP contribution in [-0.4, -0.2) is 40.4 Å². The second kappa shape index (κ2) is 10.5. The molecule has 1 aromatic rings. The van der Waals surface area contributed by atoms with Crippen molar-refractivity contribution in [3.8, 4) is 0 Å². The van der Waals surface area contributed by atoms with Crippen molar-refractivity contribution in [1.29, 1.82) is 0 Å². The van der Waals surface area contributed by atoms with E-state index in [4.69, 9.17) is 0 Å². The van der Waals surface area contributed by atoms with Crippen molar-refractivity contribution in [1.82, 2.24) is 25.0 Å². The van der Waals surface area contributed by atoms with Crippen LogP contribution >= 0.6 is 0 Å². The van der Waals surface area contributed by atoms with Gasteiger partial charge in [-0.3, -0.25) is 9.56 Å². The van der Waals surface area contributed by atoms with Crippen molar-refractivity contribution < 1.29 is 0 Å². The van der Waals surface area contributed by atoms with Gasteiger partial charge in [-0.05, 0) is 38.0 Å². The maximum absolute atomic E-state index is 12.3. The Bertz CT molecular complexity index is 656. The van der Waals surface area contributed by atoms with E-state index in [1.54, 1.807) is 4.68 Å². The fourth-order valence-electron chi connectivity index (χ4n) is 4.32. The quantitative estimate of drug-likeness (QED) is 0.415. The Kier molecular flexibility index (Phi) is 7.78. The third-order valence-corrected chi connectivity index (χ3v) is 5.90. The predicted octanol–water partition coefficient (Wildman–Crippen LogP) is 2.30.